The minimum Gasteiger partial charge on any atom is -0.371 e. The number of halogens is 4. The van der Waals surface area contributed by atoms with Crippen LogP contribution in [0.1, 0.15) is 19.8 Å². The lowest BCUT2D eigenvalue weighted by Crippen LogP contribution is -2.25. The lowest BCUT2D eigenvalue weighted by molar-refractivity contribution is -0.173. The zero-order valence-corrected chi connectivity index (χ0v) is 9.50. The van der Waals surface area contributed by atoms with Crippen molar-refractivity contribution < 1.29 is 17.9 Å². The Morgan fingerprint density at radius 1 is 1.33 bits per heavy atom. The van der Waals surface area contributed by atoms with Gasteiger partial charge in [0.15, 0.2) is 0 Å². The van der Waals surface area contributed by atoms with Gasteiger partial charge in [-0.05, 0) is 19.4 Å². The second-order valence-corrected chi connectivity index (χ2v) is 3.83. The third kappa shape index (κ3) is 11.9. The van der Waals surface area contributed by atoms with Crippen LogP contribution in [0.15, 0.2) is 0 Å². The third-order valence-electron chi connectivity index (χ3n) is 1.77. The summed E-state index contributed by atoms with van der Waals surface area (Å²) in [5.41, 5.74) is 0. The van der Waals surface area contributed by atoms with Gasteiger partial charge in [-0.15, -0.1) is 11.6 Å². The summed E-state index contributed by atoms with van der Waals surface area (Å²) in [5, 5.41) is 3.09. The molecule has 0 rings (SSSR count). The first-order chi connectivity index (χ1) is 6.95. The summed E-state index contributed by atoms with van der Waals surface area (Å²) in [6.45, 7) is 2.01. The van der Waals surface area contributed by atoms with Crippen LogP contribution in [0.3, 0.4) is 0 Å². The fourth-order valence-corrected chi connectivity index (χ4v) is 1.03. The predicted molar refractivity (Wildman–Crippen MR) is 54.3 cm³/mol. The zero-order valence-electron chi connectivity index (χ0n) is 8.74. The maximum atomic E-state index is 11.6. The van der Waals surface area contributed by atoms with E-state index in [-0.39, 0.29) is 12.0 Å². The summed E-state index contributed by atoms with van der Waals surface area (Å²) in [5.74, 6) is 0. The second kappa shape index (κ2) is 8.19. The summed E-state index contributed by atoms with van der Waals surface area (Å²) < 4.78 is 39.3. The topological polar surface area (TPSA) is 21.3 Å². The molecule has 0 amide bonds. The summed E-state index contributed by atoms with van der Waals surface area (Å²) in [6.07, 6.45) is -2.52. The Kier molecular flexibility index (Phi) is 8.19. The Bertz CT molecular complexity index is 155. The van der Waals surface area contributed by atoms with Crippen LogP contribution in [0.4, 0.5) is 13.2 Å². The van der Waals surface area contributed by atoms with Crippen molar-refractivity contribution in [2.75, 3.05) is 26.3 Å². The summed E-state index contributed by atoms with van der Waals surface area (Å²) in [6, 6.07) is 0. The molecule has 0 fully saturated rings. The molecule has 0 heterocycles. The highest BCUT2D eigenvalue weighted by atomic mass is 35.5. The molecule has 0 aliphatic rings. The van der Waals surface area contributed by atoms with E-state index < -0.39 is 12.8 Å². The van der Waals surface area contributed by atoms with Gasteiger partial charge in [0.05, 0.1) is 6.61 Å². The first-order valence-corrected chi connectivity index (χ1v) is 5.38. The second-order valence-electron chi connectivity index (χ2n) is 3.21. The Hall–Kier alpha value is -0.0000000000000000555. The van der Waals surface area contributed by atoms with E-state index >= 15 is 0 Å². The minimum absolute atomic E-state index is 0.0680. The third-order valence-corrected chi connectivity index (χ3v) is 2.29. The highest BCUT2D eigenvalue weighted by Crippen LogP contribution is 2.13. The van der Waals surface area contributed by atoms with E-state index in [9.17, 15) is 13.2 Å². The first kappa shape index (κ1) is 15.0. The summed E-state index contributed by atoms with van der Waals surface area (Å²) in [7, 11) is 0. The van der Waals surface area contributed by atoms with Gasteiger partial charge < -0.3 is 10.1 Å². The lowest BCUT2D eigenvalue weighted by Gasteiger charge is -2.09. The molecule has 0 aliphatic carbocycles. The Labute approximate surface area is 93.1 Å². The van der Waals surface area contributed by atoms with Crippen LogP contribution in [0.5, 0.6) is 0 Å². The van der Waals surface area contributed by atoms with Gasteiger partial charge in [0.25, 0.3) is 0 Å². The van der Waals surface area contributed by atoms with Crippen molar-refractivity contribution in [3.8, 4) is 0 Å². The molecule has 6 heteroatoms. The van der Waals surface area contributed by atoms with E-state index in [1.54, 1.807) is 0 Å². The van der Waals surface area contributed by atoms with Crippen molar-refractivity contribution in [1.29, 1.82) is 0 Å². The molecular weight excluding hydrogens is 231 g/mol. The standard InChI is InChI=1S/C9H17ClF3NO/c1-2-8(10)3-4-14-5-6-15-7-9(11,12)13/h8,14H,2-7H2,1H3. The number of hydrogen-bond acceptors (Lipinski definition) is 2. The molecule has 2 nitrogen and oxygen atoms in total. The molecule has 92 valence electrons. The normalized spacial score (nSPS) is 14.2. The molecule has 1 atom stereocenters. The molecule has 0 bridgehead atoms. The smallest absolute Gasteiger partial charge is 0.371 e. The quantitative estimate of drug-likeness (QED) is 0.526. The average molecular weight is 248 g/mol. The molecule has 0 aromatic carbocycles. The van der Waals surface area contributed by atoms with E-state index in [1.807, 2.05) is 6.92 Å². The number of rotatable bonds is 8. The maximum Gasteiger partial charge on any atom is 0.411 e. The van der Waals surface area contributed by atoms with E-state index in [1.165, 1.54) is 0 Å². The lowest BCUT2D eigenvalue weighted by atomic mass is 10.2. The highest BCUT2D eigenvalue weighted by Gasteiger charge is 2.27. The number of hydrogen-bond donors (Lipinski definition) is 1. The van der Waals surface area contributed by atoms with Gasteiger partial charge in [0, 0.05) is 11.9 Å². The van der Waals surface area contributed by atoms with Crippen LogP contribution in [-0.2, 0) is 4.74 Å². The van der Waals surface area contributed by atoms with Gasteiger partial charge in [-0.3, -0.25) is 0 Å². The van der Waals surface area contributed by atoms with Gasteiger partial charge in [-0.1, -0.05) is 6.92 Å². The fourth-order valence-electron chi connectivity index (χ4n) is 0.920. The average Bonchev–Trinajstić information content (AvgIpc) is 2.14. The van der Waals surface area contributed by atoms with Crippen LogP contribution in [-0.4, -0.2) is 37.9 Å². The van der Waals surface area contributed by atoms with Crippen molar-refractivity contribution in [1.82, 2.24) is 5.32 Å². The van der Waals surface area contributed by atoms with E-state index in [0.717, 1.165) is 12.8 Å². The first-order valence-electron chi connectivity index (χ1n) is 4.95. The molecule has 0 radical (unpaired) electrons. The van der Waals surface area contributed by atoms with Gasteiger partial charge in [-0.25, -0.2) is 0 Å². The van der Waals surface area contributed by atoms with Gasteiger partial charge in [0.2, 0.25) is 0 Å². The van der Waals surface area contributed by atoms with Crippen LogP contribution < -0.4 is 5.32 Å². The van der Waals surface area contributed by atoms with Crippen molar-refractivity contribution in [3.05, 3.63) is 0 Å². The maximum absolute atomic E-state index is 11.6. The van der Waals surface area contributed by atoms with Crippen LogP contribution in [0.2, 0.25) is 0 Å². The Morgan fingerprint density at radius 2 is 2.00 bits per heavy atom. The van der Waals surface area contributed by atoms with Crippen LogP contribution in [0, 0.1) is 0 Å². The van der Waals surface area contributed by atoms with E-state index in [4.69, 9.17) is 11.6 Å². The molecule has 1 unspecified atom stereocenters. The highest BCUT2D eigenvalue weighted by molar-refractivity contribution is 6.20. The van der Waals surface area contributed by atoms with Gasteiger partial charge >= 0.3 is 6.18 Å². The summed E-state index contributed by atoms with van der Waals surface area (Å²) in [4.78, 5) is 0. The SMILES string of the molecule is CCC(Cl)CCNCCOCC(F)(F)F. The number of ether oxygens (including phenoxy) is 1. The van der Waals surface area contributed by atoms with Crippen molar-refractivity contribution in [3.63, 3.8) is 0 Å². The predicted octanol–water partition coefficient (Wildman–Crippen LogP) is 2.56. The zero-order chi connectivity index (χ0) is 11.7. The monoisotopic (exact) mass is 247 g/mol. The molecular formula is C9H17ClF3NO. The Morgan fingerprint density at radius 3 is 2.53 bits per heavy atom. The number of alkyl halides is 4. The Balaban J connectivity index is 3.12. The van der Waals surface area contributed by atoms with E-state index in [2.05, 4.69) is 10.1 Å². The molecule has 1 N–H and O–H groups in total. The molecule has 15 heavy (non-hydrogen) atoms. The number of nitrogens with one attached hydrogen (secondary N) is 1. The minimum atomic E-state index is -4.23. The molecule has 0 saturated carbocycles. The van der Waals surface area contributed by atoms with Crippen molar-refractivity contribution in [2.24, 2.45) is 0 Å². The van der Waals surface area contributed by atoms with Gasteiger partial charge in [0.1, 0.15) is 6.61 Å². The van der Waals surface area contributed by atoms with E-state index in [0.29, 0.717) is 13.1 Å². The van der Waals surface area contributed by atoms with Crippen molar-refractivity contribution in [2.45, 2.75) is 31.3 Å². The molecule has 0 saturated heterocycles. The largest absolute Gasteiger partial charge is 0.411 e. The molecule has 0 aromatic heterocycles. The molecule has 0 spiro atoms. The van der Waals surface area contributed by atoms with Crippen LogP contribution in [0.25, 0.3) is 0 Å². The van der Waals surface area contributed by atoms with Crippen molar-refractivity contribution >= 4 is 11.6 Å². The van der Waals surface area contributed by atoms with Gasteiger partial charge in [-0.2, -0.15) is 13.2 Å². The summed E-state index contributed by atoms with van der Waals surface area (Å²) >= 11 is 5.85. The molecule has 0 aliphatic heterocycles. The fraction of sp³-hybridized carbons (Fsp3) is 1.00. The molecule has 0 aromatic rings. The van der Waals surface area contributed by atoms with Crippen LogP contribution >= 0.6 is 11.6 Å².